The maximum atomic E-state index is 10.2. The van der Waals surface area contributed by atoms with Gasteiger partial charge in [-0.3, -0.25) is 4.90 Å². The van der Waals surface area contributed by atoms with Gasteiger partial charge in [0.15, 0.2) is 0 Å². The number of nitrogen functional groups attached to an aromatic ring is 1. The van der Waals surface area contributed by atoms with Crippen molar-refractivity contribution in [3.63, 3.8) is 0 Å². The van der Waals surface area contributed by atoms with Crippen molar-refractivity contribution in [3.8, 4) is 5.75 Å². The standard InChI is InChI=1S/C16H26N2O3/c17-13-4-3-6-16(10-13)21-12-15(20)11-18-8-2-1-5-14(18)7-9-19/h3-4,6,10,14-15,19-20H,1-2,5,7-9,11-12,17H2. The van der Waals surface area contributed by atoms with Gasteiger partial charge in [-0.25, -0.2) is 0 Å². The van der Waals surface area contributed by atoms with Gasteiger partial charge >= 0.3 is 0 Å². The van der Waals surface area contributed by atoms with E-state index in [-0.39, 0.29) is 13.2 Å². The zero-order valence-electron chi connectivity index (χ0n) is 12.4. The minimum atomic E-state index is -0.536. The summed E-state index contributed by atoms with van der Waals surface area (Å²) in [7, 11) is 0. The maximum absolute atomic E-state index is 10.2. The van der Waals surface area contributed by atoms with E-state index in [9.17, 15) is 5.11 Å². The molecular weight excluding hydrogens is 268 g/mol. The summed E-state index contributed by atoms with van der Waals surface area (Å²) in [4.78, 5) is 2.27. The van der Waals surface area contributed by atoms with Crippen molar-refractivity contribution in [2.45, 2.75) is 37.8 Å². The Hall–Kier alpha value is -1.30. The van der Waals surface area contributed by atoms with Crippen LogP contribution in [0.4, 0.5) is 5.69 Å². The van der Waals surface area contributed by atoms with Gasteiger partial charge in [-0.2, -0.15) is 0 Å². The van der Waals surface area contributed by atoms with Crippen LogP contribution in [0.25, 0.3) is 0 Å². The summed E-state index contributed by atoms with van der Waals surface area (Å²) in [6.45, 7) is 2.04. The molecule has 2 atom stereocenters. The van der Waals surface area contributed by atoms with Crippen LogP contribution in [0.1, 0.15) is 25.7 Å². The van der Waals surface area contributed by atoms with Gasteiger partial charge in [0.1, 0.15) is 18.5 Å². The Bertz CT molecular complexity index is 426. The molecule has 0 aliphatic carbocycles. The van der Waals surface area contributed by atoms with Crippen LogP contribution in [0.3, 0.4) is 0 Å². The summed E-state index contributed by atoms with van der Waals surface area (Å²) in [5.74, 6) is 0.680. The Morgan fingerprint density at radius 2 is 2.24 bits per heavy atom. The van der Waals surface area contributed by atoms with Crippen molar-refractivity contribution < 1.29 is 14.9 Å². The monoisotopic (exact) mass is 294 g/mol. The average molecular weight is 294 g/mol. The van der Waals surface area contributed by atoms with Crippen molar-refractivity contribution in [1.29, 1.82) is 0 Å². The molecule has 4 N–H and O–H groups in total. The van der Waals surface area contributed by atoms with Gasteiger partial charge < -0.3 is 20.7 Å². The quantitative estimate of drug-likeness (QED) is 0.660. The van der Waals surface area contributed by atoms with Crippen LogP contribution in [0.2, 0.25) is 0 Å². The van der Waals surface area contributed by atoms with Crippen molar-refractivity contribution >= 4 is 5.69 Å². The molecule has 1 aliphatic rings. The number of rotatable bonds is 7. The predicted molar refractivity (Wildman–Crippen MR) is 83.3 cm³/mol. The first kappa shape index (κ1) is 16.1. The van der Waals surface area contributed by atoms with E-state index in [1.54, 1.807) is 12.1 Å². The van der Waals surface area contributed by atoms with Crippen molar-refractivity contribution in [1.82, 2.24) is 4.90 Å². The second kappa shape index (κ2) is 8.22. The fraction of sp³-hybridized carbons (Fsp3) is 0.625. The van der Waals surface area contributed by atoms with Gasteiger partial charge in [-0.05, 0) is 37.9 Å². The van der Waals surface area contributed by atoms with E-state index in [1.807, 2.05) is 12.1 Å². The number of likely N-dealkylation sites (tertiary alicyclic amines) is 1. The molecule has 0 bridgehead atoms. The predicted octanol–water partition coefficient (Wildman–Crippen LogP) is 1.25. The lowest BCUT2D eigenvalue weighted by atomic mass is 9.99. The summed E-state index contributed by atoms with van der Waals surface area (Å²) in [6, 6.07) is 7.60. The lowest BCUT2D eigenvalue weighted by Crippen LogP contribution is -2.45. The third-order valence-corrected chi connectivity index (χ3v) is 3.96. The van der Waals surface area contributed by atoms with Crippen LogP contribution < -0.4 is 10.5 Å². The number of benzene rings is 1. The maximum Gasteiger partial charge on any atom is 0.121 e. The minimum Gasteiger partial charge on any atom is -0.491 e. The van der Waals surface area contributed by atoms with Crippen LogP contribution in [0.5, 0.6) is 5.75 Å². The van der Waals surface area contributed by atoms with E-state index in [1.165, 1.54) is 6.42 Å². The highest BCUT2D eigenvalue weighted by molar-refractivity contribution is 5.43. The normalized spacial score (nSPS) is 21.1. The molecular formula is C16H26N2O3. The van der Waals surface area contributed by atoms with E-state index in [0.29, 0.717) is 24.0 Å². The highest BCUT2D eigenvalue weighted by Gasteiger charge is 2.24. The van der Waals surface area contributed by atoms with E-state index in [0.717, 1.165) is 25.8 Å². The van der Waals surface area contributed by atoms with E-state index < -0.39 is 6.10 Å². The summed E-state index contributed by atoms with van der Waals surface area (Å²) in [6.07, 6.45) is 3.71. The van der Waals surface area contributed by atoms with Crippen molar-refractivity contribution in [2.24, 2.45) is 0 Å². The smallest absolute Gasteiger partial charge is 0.121 e. The van der Waals surface area contributed by atoms with E-state index in [2.05, 4.69) is 4.90 Å². The molecule has 1 fully saturated rings. The zero-order chi connectivity index (χ0) is 15.1. The SMILES string of the molecule is Nc1cccc(OCC(O)CN2CCCCC2CCO)c1. The highest BCUT2D eigenvalue weighted by Crippen LogP contribution is 2.20. The third-order valence-electron chi connectivity index (χ3n) is 3.96. The number of piperidine rings is 1. The molecule has 0 amide bonds. The number of hydrogen-bond donors (Lipinski definition) is 3. The summed E-state index contributed by atoms with van der Waals surface area (Å²) in [5, 5.41) is 19.3. The lowest BCUT2D eigenvalue weighted by molar-refractivity contribution is 0.0332. The Morgan fingerprint density at radius 1 is 1.38 bits per heavy atom. The Balaban J connectivity index is 1.78. The molecule has 0 aromatic heterocycles. The summed E-state index contributed by atoms with van der Waals surface area (Å²) < 4.78 is 5.58. The lowest BCUT2D eigenvalue weighted by Gasteiger charge is -2.36. The van der Waals surface area contributed by atoms with Gasteiger partial charge in [-0.1, -0.05) is 12.5 Å². The molecule has 5 heteroatoms. The van der Waals surface area contributed by atoms with Crippen molar-refractivity contribution in [2.75, 3.05) is 32.0 Å². The molecule has 1 aromatic rings. The first-order valence-corrected chi connectivity index (χ1v) is 7.70. The third kappa shape index (κ3) is 5.19. The number of aliphatic hydroxyl groups excluding tert-OH is 2. The second-order valence-corrected chi connectivity index (χ2v) is 5.69. The van der Waals surface area contributed by atoms with Crippen molar-refractivity contribution in [3.05, 3.63) is 24.3 Å². The van der Waals surface area contributed by atoms with Crippen LogP contribution in [-0.4, -0.2) is 53.6 Å². The van der Waals surface area contributed by atoms with Crippen LogP contribution in [-0.2, 0) is 0 Å². The summed E-state index contributed by atoms with van der Waals surface area (Å²) in [5.41, 5.74) is 6.35. The molecule has 0 radical (unpaired) electrons. The molecule has 1 aliphatic heterocycles. The van der Waals surface area contributed by atoms with Gasteiger partial charge in [0.25, 0.3) is 0 Å². The largest absolute Gasteiger partial charge is 0.491 e. The van der Waals surface area contributed by atoms with Crippen LogP contribution >= 0.6 is 0 Å². The molecule has 1 aromatic carbocycles. The molecule has 118 valence electrons. The molecule has 0 spiro atoms. The molecule has 2 unspecified atom stereocenters. The highest BCUT2D eigenvalue weighted by atomic mass is 16.5. The van der Waals surface area contributed by atoms with E-state index in [4.69, 9.17) is 15.6 Å². The average Bonchev–Trinajstić information content (AvgIpc) is 2.48. The van der Waals surface area contributed by atoms with Crippen LogP contribution in [0.15, 0.2) is 24.3 Å². The number of β-amino-alcohol motifs (C(OH)–C–C–N with tert-alkyl or cyclic N) is 1. The Morgan fingerprint density at radius 3 is 3.00 bits per heavy atom. The number of ether oxygens (including phenoxy) is 1. The fourth-order valence-electron chi connectivity index (χ4n) is 2.90. The zero-order valence-corrected chi connectivity index (χ0v) is 12.4. The molecule has 1 saturated heterocycles. The summed E-state index contributed by atoms with van der Waals surface area (Å²) >= 11 is 0. The number of nitrogens with two attached hydrogens (primary N) is 1. The minimum absolute atomic E-state index is 0.205. The number of aliphatic hydroxyl groups is 2. The fourth-order valence-corrected chi connectivity index (χ4v) is 2.90. The number of hydrogen-bond acceptors (Lipinski definition) is 5. The Labute approximate surface area is 126 Å². The number of anilines is 1. The molecule has 5 nitrogen and oxygen atoms in total. The van der Waals surface area contributed by atoms with Gasteiger partial charge in [-0.15, -0.1) is 0 Å². The molecule has 1 heterocycles. The van der Waals surface area contributed by atoms with Gasteiger partial charge in [0.2, 0.25) is 0 Å². The molecule has 0 saturated carbocycles. The van der Waals surface area contributed by atoms with Gasteiger partial charge in [0, 0.05) is 30.9 Å². The first-order chi connectivity index (χ1) is 10.2. The van der Waals surface area contributed by atoms with E-state index >= 15 is 0 Å². The first-order valence-electron chi connectivity index (χ1n) is 7.70. The topological polar surface area (TPSA) is 79.0 Å². The number of nitrogens with zero attached hydrogens (tertiary/aromatic N) is 1. The second-order valence-electron chi connectivity index (χ2n) is 5.69. The van der Waals surface area contributed by atoms with Crippen LogP contribution in [0, 0.1) is 0 Å². The van der Waals surface area contributed by atoms with Gasteiger partial charge in [0.05, 0.1) is 0 Å². The molecule has 21 heavy (non-hydrogen) atoms. The molecule has 2 rings (SSSR count). The Kier molecular flexibility index (Phi) is 6.29.